The Labute approximate surface area is 143 Å². The van der Waals surface area contributed by atoms with Crippen molar-refractivity contribution in [2.75, 3.05) is 0 Å². The van der Waals surface area contributed by atoms with E-state index < -0.39 is 0 Å². The predicted octanol–water partition coefficient (Wildman–Crippen LogP) is 5.40. The molecular formula is C22H15NO2. The Balaban J connectivity index is 1.89. The van der Waals surface area contributed by atoms with Crippen LogP contribution in [0.3, 0.4) is 0 Å². The monoisotopic (exact) mass is 325 g/mol. The van der Waals surface area contributed by atoms with Gasteiger partial charge in [-0.1, -0.05) is 54.6 Å². The fraction of sp³-hybridized carbons (Fsp3) is 0.0455. The lowest BCUT2D eigenvalue weighted by molar-refractivity contribution is 0.607. The molecule has 0 saturated heterocycles. The molecule has 0 fully saturated rings. The van der Waals surface area contributed by atoms with Gasteiger partial charge in [-0.3, -0.25) is 4.79 Å². The van der Waals surface area contributed by atoms with Crippen molar-refractivity contribution in [1.29, 1.82) is 0 Å². The molecule has 0 radical (unpaired) electrons. The lowest BCUT2D eigenvalue weighted by Gasteiger charge is -2.03. The van der Waals surface area contributed by atoms with Crippen LogP contribution in [0.1, 0.15) is 5.56 Å². The molecule has 5 aromatic rings. The fourth-order valence-electron chi connectivity index (χ4n) is 3.55. The van der Waals surface area contributed by atoms with E-state index in [0.717, 1.165) is 27.4 Å². The lowest BCUT2D eigenvalue weighted by Crippen LogP contribution is -2.04. The van der Waals surface area contributed by atoms with Gasteiger partial charge in [-0.05, 0) is 24.1 Å². The van der Waals surface area contributed by atoms with E-state index in [2.05, 4.69) is 24.0 Å². The molecule has 3 aromatic carbocycles. The molecule has 0 amide bonds. The fourth-order valence-corrected chi connectivity index (χ4v) is 3.55. The molecule has 3 nitrogen and oxygen atoms in total. The number of aryl methyl sites for hydroxylation is 1. The van der Waals surface area contributed by atoms with Crippen molar-refractivity contribution in [3.05, 3.63) is 82.7 Å². The molecular weight excluding hydrogens is 310 g/mol. The number of aromatic nitrogens is 1. The molecule has 0 atom stereocenters. The number of nitrogens with one attached hydrogen (secondary N) is 1. The number of hydrogen-bond acceptors (Lipinski definition) is 2. The summed E-state index contributed by atoms with van der Waals surface area (Å²) in [5.74, 6) is 0. The van der Waals surface area contributed by atoms with Gasteiger partial charge in [-0.25, -0.2) is 0 Å². The van der Waals surface area contributed by atoms with Gasteiger partial charge in [0.15, 0.2) is 5.58 Å². The Bertz CT molecular complexity index is 1310. The van der Waals surface area contributed by atoms with Crippen molar-refractivity contribution < 1.29 is 4.42 Å². The first kappa shape index (κ1) is 14.1. The van der Waals surface area contributed by atoms with Gasteiger partial charge in [0.2, 0.25) is 5.43 Å². The van der Waals surface area contributed by atoms with Crippen LogP contribution < -0.4 is 5.43 Å². The van der Waals surface area contributed by atoms with Gasteiger partial charge in [-0.2, -0.15) is 0 Å². The Morgan fingerprint density at radius 1 is 0.800 bits per heavy atom. The van der Waals surface area contributed by atoms with Crippen LogP contribution in [0.25, 0.3) is 43.9 Å². The van der Waals surface area contributed by atoms with Crippen molar-refractivity contribution >= 4 is 32.8 Å². The second-order valence-corrected chi connectivity index (χ2v) is 6.33. The van der Waals surface area contributed by atoms with Gasteiger partial charge >= 0.3 is 0 Å². The molecule has 0 bridgehead atoms. The Morgan fingerprint density at radius 2 is 1.56 bits per heavy atom. The largest absolute Gasteiger partial charge is 0.461 e. The van der Waals surface area contributed by atoms with Gasteiger partial charge in [-0.15, -0.1) is 0 Å². The van der Waals surface area contributed by atoms with Crippen LogP contribution in [0.2, 0.25) is 0 Å². The molecule has 0 saturated carbocycles. The molecule has 25 heavy (non-hydrogen) atoms. The quantitative estimate of drug-likeness (QED) is 0.448. The standard InChI is InChI=1S/C22H15NO2/c1-13-6-5-9-15-16-10-11-17-21(24)18(14-7-3-2-4-8-14)12-25-22(17)20(16)23-19(13)15/h2-12,23H,1H3. The van der Waals surface area contributed by atoms with E-state index in [4.69, 9.17) is 4.42 Å². The maximum Gasteiger partial charge on any atom is 0.200 e. The van der Waals surface area contributed by atoms with Crippen LogP contribution in [0, 0.1) is 6.92 Å². The third kappa shape index (κ3) is 1.96. The molecule has 0 spiro atoms. The molecule has 0 aliphatic rings. The van der Waals surface area contributed by atoms with Gasteiger partial charge < -0.3 is 9.40 Å². The summed E-state index contributed by atoms with van der Waals surface area (Å²) < 4.78 is 5.93. The van der Waals surface area contributed by atoms with Crippen molar-refractivity contribution in [1.82, 2.24) is 4.98 Å². The minimum Gasteiger partial charge on any atom is -0.461 e. The van der Waals surface area contributed by atoms with Crippen molar-refractivity contribution in [3.63, 3.8) is 0 Å². The van der Waals surface area contributed by atoms with E-state index in [1.807, 2.05) is 48.5 Å². The molecule has 0 aliphatic heterocycles. The molecule has 2 heterocycles. The SMILES string of the molecule is Cc1cccc2c1[nH]c1c2ccc2c(=O)c(-c3ccccc3)coc21. The summed E-state index contributed by atoms with van der Waals surface area (Å²) in [6.45, 7) is 2.07. The number of hydrogen-bond donors (Lipinski definition) is 1. The maximum atomic E-state index is 13.0. The Hall–Kier alpha value is -3.33. The summed E-state index contributed by atoms with van der Waals surface area (Å²) in [6.07, 6.45) is 1.57. The number of para-hydroxylation sites is 1. The molecule has 5 rings (SSSR count). The van der Waals surface area contributed by atoms with E-state index in [1.54, 1.807) is 6.26 Å². The van der Waals surface area contributed by atoms with Crippen LogP contribution in [-0.2, 0) is 0 Å². The minimum absolute atomic E-state index is 0.00951. The molecule has 0 unspecified atom stereocenters. The summed E-state index contributed by atoms with van der Waals surface area (Å²) in [5.41, 5.74) is 5.18. The molecule has 2 aromatic heterocycles. The minimum atomic E-state index is -0.00951. The number of fused-ring (bicyclic) bond motifs is 5. The highest BCUT2D eigenvalue weighted by molar-refractivity contribution is 6.15. The highest BCUT2D eigenvalue weighted by Crippen LogP contribution is 2.32. The van der Waals surface area contributed by atoms with E-state index >= 15 is 0 Å². The lowest BCUT2D eigenvalue weighted by atomic mass is 10.0. The van der Waals surface area contributed by atoms with Gasteiger partial charge in [0.05, 0.1) is 16.5 Å². The van der Waals surface area contributed by atoms with Crippen molar-refractivity contribution in [3.8, 4) is 11.1 Å². The summed E-state index contributed by atoms with van der Waals surface area (Å²) >= 11 is 0. The second-order valence-electron chi connectivity index (χ2n) is 6.33. The Kier molecular flexibility index (Phi) is 2.86. The summed E-state index contributed by atoms with van der Waals surface area (Å²) in [4.78, 5) is 16.4. The smallest absolute Gasteiger partial charge is 0.200 e. The van der Waals surface area contributed by atoms with Crippen LogP contribution in [0.15, 0.2) is 76.1 Å². The average molecular weight is 325 g/mol. The van der Waals surface area contributed by atoms with Crippen LogP contribution in [0.5, 0.6) is 0 Å². The number of aromatic amines is 1. The van der Waals surface area contributed by atoms with Gasteiger partial charge in [0.25, 0.3) is 0 Å². The summed E-state index contributed by atoms with van der Waals surface area (Å²) in [6, 6.07) is 19.7. The average Bonchev–Trinajstić information content (AvgIpc) is 3.03. The van der Waals surface area contributed by atoms with Crippen LogP contribution in [-0.4, -0.2) is 4.98 Å². The van der Waals surface area contributed by atoms with E-state index in [1.165, 1.54) is 5.56 Å². The van der Waals surface area contributed by atoms with E-state index in [0.29, 0.717) is 16.5 Å². The zero-order valence-electron chi connectivity index (χ0n) is 13.7. The zero-order valence-corrected chi connectivity index (χ0v) is 13.7. The first-order valence-electron chi connectivity index (χ1n) is 8.25. The Morgan fingerprint density at radius 3 is 2.40 bits per heavy atom. The second kappa shape index (κ2) is 5.08. The molecule has 120 valence electrons. The first-order chi connectivity index (χ1) is 12.2. The highest BCUT2D eigenvalue weighted by Gasteiger charge is 2.14. The summed E-state index contributed by atoms with van der Waals surface area (Å²) in [5, 5.41) is 2.81. The van der Waals surface area contributed by atoms with Crippen LogP contribution >= 0.6 is 0 Å². The third-order valence-corrected chi connectivity index (χ3v) is 4.84. The topological polar surface area (TPSA) is 46.0 Å². The van der Waals surface area contributed by atoms with Crippen molar-refractivity contribution in [2.24, 2.45) is 0 Å². The predicted molar refractivity (Wildman–Crippen MR) is 102 cm³/mol. The van der Waals surface area contributed by atoms with Crippen LogP contribution in [0.4, 0.5) is 0 Å². The zero-order chi connectivity index (χ0) is 17.0. The maximum absolute atomic E-state index is 13.0. The number of H-pyrrole nitrogens is 1. The van der Waals surface area contributed by atoms with Gasteiger partial charge in [0, 0.05) is 16.3 Å². The molecule has 3 heteroatoms. The number of rotatable bonds is 1. The van der Waals surface area contributed by atoms with E-state index in [-0.39, 0.29) is 5.43 Å². The first-order valence-corrected chi connectivity index (χ1v) is 8.25. The molecule has 1 N–H and O–H groups in total. The third-order valence-electron chi connectivity index (χ3n) is 4.84. The highest BCUT2D eigenvalue weighted by atomic mass is 16.3. The van der Waals surface area contributed by atoms with Gasteiger partial charge in [0.1, 0.15) is 6.26 Å². The normalized spacial score (nSPS) is 11.6. The van der Waals surface area contributed by atoms with E-state index in [9.17, 15) is 4.79 Å². The number of benzene rings is 3. The summed E-state index contributed by atoms with van der Waals surface area (Å²) in [7, 11) is 0. The molecule has 0 aliphatic carbocycles. The van der Waals surface area contributed by atoms with Crippen molar-refractivity contribution in [2.45, 2.75) is 6.92 Å².